The Morgan fingerprint density at radius 3 is 2.59 bits per heavy atom. The van der Waals surface area contributed by atoms with E-state index in [1.807, 2.05) is 6.92 Å². The van der Waals surface area contributed by atoms with Crippen LogP contribution in [-0.4, -0.2) is 12.5 Å². The van der Waals surface area contributed by atoms with Gasteiger partial charge in [0.15, 0.2) is 0 Å². The lowest BCUT2D eigenvalue weighted by atomic mass is 9.76. The van der Waals surface area contributed by atoms with E-state index < -0.39 is 0 Å². The van der Waals surface area contributed by atoms with E-state index in [-0.39, 0.29) is 11.8 Å². The van der Waals surface area contributed by atoms with Gasteiger partial charge in [0.2, 0.25) is 5.91 Å². The van der Waals surface area contributed by atoms with Gasteiger partial charge in [0.25, 0.3) is 0 Å². The summed E-state index contributed by atoms with van der Waals surface area (Å²) in [5.74, 6) is 2.68. The van der Waals surface area contributed by atoms with Gasteiger partial charge < -0.3 is 5.32 Å². The van der Waals surface area contributed by atoms with Crippen LogP contribution in [0.1, 0.15) is 59.8 Å². The highest BCUT2D eigenvalue weighted by atomic mass is 16.1. The van der Waals surface area contributed by atoms with Crippen molar-refractivity contribution in [1.82, 2.24) is 5.32 Å². The second-order valence-corrected chi connectivity index (χ2v) is 6.10. The number of hydrogen-bond donors (Lipinski definition) is 1. The molecule has 3 atom stereocenters. The van der Waals surface area contributed by atoms with E-state index in [4.69, 9.17) is 0 Å². The van der Waals surface area contributed by atoms with Crippen molar-refractivity contribution in [2.75, 3.05) is 6.54 Å². The molecule has 0 heterocycles. The van der Waals surface area contributed by atoms with Gasteiger partial charge in [-0.25, -0.2) is 0 Å². The van der Waals surface area contributed by atoms with Crippen LogP contribution < -0.4 is 5.32 Å². The lowest BCUT2D eigenvalue weighted by Gasteiger charge is -2.30. The molecule has 0 unspecified atom stereocenters. The lowest BCUT2D eigenvalue weighted by molar-refractivity contribution is -0.126. The van der Waals surface area contributed by atoms with E-state index in [2.05, 4.69) is 26.1 Å². The van der Waals surface area contributed by atoms with Gasteiger partial charge in [-0.15, -0.1) is 0 Å². The molecule has 17 heavy (non-hydrogen) atoms. The highest BCUT2D eigenvalue weighted by Crippen LogP contribution is 2.33. The van der Waals surface area contributed by atoms with Crippen LogP contribution in [0.25, 0.3) is 0 Å². The standard InChI is InChI=1S/C15H29NO/c1-5-16-15(17)14-9-12(4)7-6-8-13(10-14)11(2)3/h11-14H,5-10H2,1-4H3,(H,16,17)/t12-,13-,14-/m1/s1. The van der Waals surface area contributed by atoms with E-state index >= 15 is 0 Å². The third-order valence-electron chi connectivity index (χ3n) is 4.21. The fourth-order valence-corrected chi connectivity index (χ4v) is 3.05. The minimum atomic E-state index is 0.248. The Labute approximate surface area is 107 Å². The molecule has 0 spiro atoms. The summed E-state index contributed by atoms with van der Waals surface area (Å²) in [5.41, 5.74) is 0. The molecular formula is C15H29NO. The summed E-state index contributed by atoms with van der Waals surface area (Å²) in [6.45, 7) is 9.65. The van der Waals surface area contributed by atoms with E-state index in [1.165, 1.54) is 19.3 Å². The van der Waals surface area contributed by atoms with Crippen LogP contribution in [0.15, 0.2) is 0 Å². The highest BCUT2D eigenvalue weighted by molar-refractivity contribution is 5.78. The maximum atomic E-state index is 12.1. The van der Waals surface area contributed by atoms with Crippen molar-refractivity contribution >= 4 is 5.91 Å². The third-order valence-corrected chi connectivity index (χ3v) is 4.21. The van der Waals surface area contributed by atoms with Crippen molar-refractivity contribution in [2.45, 2.75) is 59.8 Å². The van der Waals surface area contributed by atoms with Gasteiger partial charge >= 0.3 is 0 Å². The molecule has 0 aliphatic heterocycles. The highest BCUT2D eigenvalue weighted by Gasteiger charge is 2.27. The Balaban J connectivity index is 2.64. The van der Waals surface area contributed by atoms with Crippen LogP contribution in [0.5, 0.6) is 0 Å². The summed E-state index contributed by atoms with van der Waals surface area (Å²) in [4.78, 5) is 12.1. The second kappa shape index (κ2) is 7.03. The van der Waals surface area contributed by atoms with E-state index in [1.54, 1.807) is 0 Å². The van der Waals surface area contributed by atoms with Gasteiger partial charge in [0.1, 0.15) is 0 Å². The topological polar surface area (TPSA) is 29.1 Å². The first-order valence-corrected chi connectivity index (χ1v) is 7.32. The Bertz CT molecular complexity index is 237. The predicted molar refractivity (Wildman–Crippen MR) is 72.8 cm³/mol. The quantitative estimate of drug-likeness (QED) is 0.801. The fourth-order valence-electron chi connectivity index (χ4n) is 3.05. The molecule has 1 saturated carbocycles. The van der Waals surface area contributed by atoms with Crippen molar-refractivity contribution in [1.29, 1.82) is 0 Å². The van der Waals surface area contributed by atoms with E-state index in [0.29, 0.717) is 11.8 Å². The van der Waals surface area contributed by atoms with Crippen LogP contribution in [-0.2, 0) is 4.79 Å². The first kappa shape index (κ1) is 14.5. The smallest absolute Gasteiger partial charge is 0.223 e. The zero-order chi connectivity index (χ0) is 12.8. The molecule has 0 radical (unpaired) electrons. The summed E-state index contributed by atoms with van der Waals surface area (Å²) in [7, 11) is 0. The van der Waals surface area contributed by atoms with Crippen LogP contribution in [0.4, 0.5) is 0 Å². The zero-order valence-electron chi connectivity index (χ0n) is 12.0. The zero-order valence-corrected chi connectivity index (χ0v) is 12.0. The number of carbonyl (C=O) groups excluding carboxylic acids is 1. The molecule has 1 fully saturated rings. The molecule has 0 aromatic carbocycles. The van der Waals surface area contributed by atoms with Crippen molar-refractivity contribution in [3.63, 3.8) is 0 Å². The molecule has 1 amide bonds. The first-order valence-electron chi connectivity index (χ1n) is 7.32. The van der Waals surface area contributed by atoms with Crippen LogP contribution in [0.3, 0.4) is 0 Å². The summed E-state index contributed by atoms with van der Waals surface area (Å²) in [5, 5.41) is 3.00. The van der Waals surface area contributed by atoms with Gasteiger partial charge in [-0.05, 0) is 37.5 Å². The average molecular weight is 239 g/mol. The fraction of sp³-hybridized carbons (Fsp3) is 0.933. The molecular weight excluding hydrogens is 210 g/mol. The number of rotatable bonds is 3. The molecule has 0 bridgehead atoms. The Hall–Kier alpha value is -0.530. The molecule has 1 rings (SSSR count). The van der Waals surface area contributed by atoms with Crippen molar-refractivity contribution < 1.29 is 4.79 Å². The Kier molecular flexibility index (Phi) is 6.01. The molecule has 0 aromatic heterocycles. The molecule has 2 heteroatoms. The van der Waals surface area contributed by atoms with Crippen molar-refractivity contribution in [3.05, 3.63) is 0 Å². The van der Waals surface area contributed by atoms with Gasteiger partial charge in [-0.1, -0.05) is 40.0 Å². The first-order chi connectivity index (χ1) is 8.04. The number of amides is 1. The summed E-state index contributed by atoms with van der Waals surface area (Å²) in [6.07, 6.45) is 6.10. The lowest BCUT2D eigenvalue weighted by Crippen LogP contribution is -2.34. The van der Waals surface area contributed by atoms with Crippen molar-refractivity contribution in [2.24, 2.45) is 23.7 Å². The Morgan fingerprint density at radius 2 is 2.00 bits per heavy atom. The summed E-state index contributed by atoms with van der Waals surface area (Å²) < 4.78 is 0. The monoisotopic (exact) mass is 239 g/mol. The number of hydrogen-bond acceptors (Lipinski definition) is 1. The molecule has 100 valence electrons. The largest absolute Gasteiger partial charge is 0.356 e. The number of nitrogens with one attached hydrogen (secondary N) is 1. The molecule has 1 aliphatic carbocycles. The third kappa shape index (κ3) is 4.69. The molecule has 1 N–H and O–H groups in total. The van der Waals surface area contributed by atoms with Crippen LogP contribution >= 0.6 is 0 Å². The average Bonchev–Trinajstić information content (AvgIpc) is 2.22. The minimum absolute atomic E-state index is 0.248. The SMILES string of the molecule is CCNC(=O)[C@@H]1C[C@H](C)CCC[C@@H](C(C)C)C1. The van der Waals surface area contributed by atoms with Crippen LogP contribution in [0.2, 0.25) is 0 Å². The normalized spacial score (nSPS) is 30.8. The van der Waals surface area contributed by atoms with Gasteiger partial charge in [0.05, 0.1) is 0 Å². The molecule has 0 aromatic rings. The maximum Gasteiger partial charge on any atom is 0.223 e. The van der Waals surface area contributed by atoms with Crippen molar-refractivity contribution in [3.8, 4) is 0 Å². The maximum absolute atomic E-state index is 12.1. The van der Waals surface area contributed by atoms with Gasteiger partial charge in [-0.3, -0.25) is 4.79 Å². The Morgan fingerprint density at radius 1 is 1.29 bits per heavy atom. The van der Waals surface area contributed by atoms with E-state index in [0.717, 1.165) is 25.3 Å². The second-order valence-electron chi connectivity index (χ2n) is 6.10. The summed E-state index contributed by atoms with van der Waals surface area (Å²) in [6, 6.07) is 0. The molecule has 2 nitrogen and oxygen atoms in total. The predicted octanol–water partition coefficient (Wildman–Crippen LogP) is 3.61. The van der Waals surface area contributed by atoms with E-state index in [9.17, 15) is 4.79 Å². The molecule has 1 aliphatic rings. The number of carbonyl (C=O) groups is 1. The van der Waals surface area contributed by atoms with Gasteiger partial charge in [0, 0.05) is 12.5 Å². The summed E-state index contributed by atoms with van der Waals surface area (Å²) >= 11 is 0. The minimum Gasteiger partial charge on any atom is -0.356 e. The van der Waals surface area contributed by atoms with Crippen LogP contribution in [0, 0.1) is 23.7 Å². The van der Waals surface area contributed by atoms with Gasteiger partial charge in [-0.2, -0.15) is 0 Å². The molecule has 0 saturated heterocycles.